The molecule has 0 bridgehead atoms. The van der Waals surface area contributed by atoms with Gasteiger partial charge in [-0.15, -0.1) is 0 Å². The number of urea groups is 1. The van der Waals surface area contributed by atoms with E-state index >= 15 is 0 Å². The van der Waals surface area contributed by atoms with E-state index < -0.39 is 6.04 Å². The summed E-state index contributed by atoms with van der Waals surface area (Å²) in [6.07, 6.45) is 0. The second kappa shape index (κ2) is 12.7. The summed E-state index contributed by atoms with van der Waals surface area (Å²) in [4.78, 5) is 30.7. The Balaban J connectivity index is 1.39. The van der Waals surface area contributed by atoms with Gasteiger partial charge in [0.2, 0.25) is 5.91 Å². The van der Waals surface area contributed by atoms with Gasteiger partial charge < -0.3 is 15.5 Å². The SMILES string of the molecule is CC(C)c1ccc(NC(=O)NC(C(=O)N2CCN(C(c3ccccc3)c3ccccc3)CC2)C(C)C)cc1. The number of benzene rings is 3. The Morgan fingerprint density at radius 2 is 1.21 bits per heavy atom. The van der Waals surface area contributed by atoms with Crippen LogP contribution in [0.2, 0.25) is 0 Å². The number of nitrogens with one attached hydrogen (secondary N) is 2. The molecule has 3 aromatic carbocycles. The maximum absolute atomic E-state index is 13.5. The fraction of sp³-hybridized carbons (Fsp3) is 0.375. The van der Waals surface area contributed by atoms with E-state index in [-0.39, 0.29) is 23.9 Å². The number of hydrogen-bond donors (Lipinski definition) is 2. The predicted octanol–water partition coefficient (Wildman–Crippen LogP) is 5.89. The molecule has 0 spiro atoms. The summed E-state index contributed by atoms with van der Waals surface area (Å²) in [5.41, 5.74) is 4.42. The van der Waals surface area contributed by atoms with Crippen LogP contribution in [0.5, 0.6) is 0 Å². The van der Waals surface area contributed by atoms with E-state index in [4.69, 9.17) is 0 Å². The fourth-order valence-electron chi connectivity index (χ4n) is 5.06. The lowest BCUT2D eigenvalue weighted by Gasteiger charge is -2.41. The molecule has 0 radical (unpaired) electrons. The molecule has 0 saturated carbocycles. The van der Waals surface area contributed by atoms with E-state index in [1.165, 1.54) is 16.7 Å². The third-order valence-corrected chi connectivity index (χ3v) is 7.28. The highest BCUT2D eigenvalue weighted by atomic mass is 16.2. The van der Waals surface area contributed by atoms with Crippen molar-refractivity contribution in [3.05, 3.63) is 102 Å². The second-order valence-electron chi connectivity index (χ2n) is 10.7. The minimum absolute atomic E-state index is 0.0269. The van der Waals surface area contributed by atoms with Crippen LogP contribution in [0, 0.1) is 5.92 Å². The Labute approximate surface area is 227 Å². The van der Waals surface area contributed by atoms with Crippen LogP contribution >= 0.6 is 0 Å². The molecule has 0 aromatic heterocycles. The molecule has 200 valence electrons. The van der Waals surface area contributed by atoms with Crippen molar-refractivity contribution in [3.63, 3.8) is 0 Å². The van der Waals surface area contributed by atoms with Gasteiger partial charge in [0, 0.05) is 31.9 Å². The monoisotopic (exact) mass is 512 g/mol. The second-order valence-corrected chi connectivity index (χ2v) is 10.7. The maximum Gasteiger partial charge on any atom is 0.319 e. The Hall–Kier alpha value is -3.64. The molecule has 1 aliphatic heterocycles. The summed E-state index contributed by atoms with van der Waals surface area (Å²) in [5, 5.41) is 5.81. The highest BCUT2D eigenvalue weighted by Crippen LogP contribution is 2.29. The van der Waals surface area contributed by atoms with Crippen molar-refractivity contribution in [2.45, 2.75) is 45.7 Å². The number of piperazine rings is 1. The number of anilines is 1. The van der Waals surface area contributed by atoms with Crippen LogP contribution in [-0.4, -0.2) is 54.0 Å². The van der Waals surface area contributed by atoms with Crippen LogP contribution in [0.1, 0.15) is 56.3 Å². The van der Waals surface area contributed by atoms with E-state index in [1.807, 2.05) is 55.1 Å². The van der Waals surface area contributed by atoms with Crippen LogP contribution in [0.3, 0.4) is 0 Å². The van der Waals surface area contributed by atoms with Crippen molar-refractivity contribution >= 4 is 17.6 Å². The molecular weight excluding hydrogens is 472 g/mol. The van der Waals surface area contributed by atoms with Crippen LogP contribution in [-0.2, 0) is 4.79 Å². The summed E-state index contributed by atoms with van der Waals surface area (Å²) in [6, 6.07) is 28.1. The van der Waals surface area contributed by atoms with Crippen molar-refractivity contribution < 1.29 is 9.59 Å². The standard InChI is InChI=1S/C32H40N4O2/c1-23(2)25-15-17-28(18-16-25)33-32(38)34-29(24(3)4)31(37)36-21-19-35(20-22-36)30(26-11-7-5-8-12-26)27-13-9-6-10-14-27/h5-18,23-24,29-30H,19-22H2,1-4H3,(H2,33,34,38). The van der Waals surface area contributed by atoms with Crippen molar-refractivity contribution in [2.24, 2.45) is 5.92 Å². The number of hydrogen-bond acceptors (Lipinski definition) is 3. The third-order valence-electron chi connectivity index (χ3n) is 7.28. The van der Waals surface area contributed by atoms with Crippen molar-refractivity contribution in [3.8, 4) is 0 Å². The van der Waals surface area contributed by atoms with Gasteiger partial charge in [-0.25, -0.2) is 4.79 Å². The van der Waals surface area contributed by atoms with Crippen molar-refractivity contribution in [2.75, 3.05) is 31.5 Å². The van der Waals surface area contributed by atoms with Crippen LogP contribution in [0.25, 0.3) is 0 Å². The molecule has 4 rings (SSSR count). The van der Waals surface area contributed by atoms with Gasteiger partial charge in [-0.05, 0) is 40.7 Å². The summed E-state index contributed by atoms with van der Waals surface area (Å²) >= 11 is 0. The lowest BCUT2D eigenvalue weighted by Crippen LogP contribution is -2.57. The van der Waals surface area contributed by atoms with Gasteiger partial charge in [-0.2, -0.15) is 0 Å². The molecule has 6 nitrogen and oxygen atoms in total. The number of carbonyl (C=O) groups is 2. The Morgan fingerprint density at radius 1 is 0.684 bits per heavy atom. The van der Waals surface area contributed by atoms with Gasteiger partial charge in [0.05, 0.1) is 6.04 Å². The highest BCUT2D eigenvalue weighted by Gasteiger charge is 2.33. The largest absolute Gasteiger partial charge is 0.338 e. The van der Waals surface area contributed by atoms with E-state index in [2.05, 4.69) is 77.9 Å². The van der Waals surface area contributed by atoms with Gasteiger partial charge in [0.1, 0.15) is 6.04 Å². The van der Waals surface area contributed by atoms with Gasteiger partial charge in [-0.3, -0.25) is 9.69 Å². The topological polar surface area (TPSA) is 64.7 Å². The molecule has 3 aromatic rings. The smallest absolute Gasteiger partial charge is 0.319 e. The number of carbonyl (C=O) groups excluding carboxylic acids is 2. The average molecular weight is 513 g/mol. The van der Waals surface area contributed by atoms with Crippen molar-refractivity contribution in [1.29, 1.82) is 0 Å². The first-order valence-corrected chi connectivity index (χ1v) is 13.6. The number of nitrogens with zero attached hydrogens (tertiary/aromatic N) is 2. The first-order valence-electron chi connectivity index (χ1n) is 13.6. The summed E-state index contributed by atoms with van der Waals surface area (Å²) in [7, 11) is 0. The van der Waals surface area contributed by atoms with Crippen LogP contribution in [0.4, 0.5) is 10.5 Å². The zero-order valence-corrected chi connectivity index (χ0v) is 22.9. The van der Waals surface area contributed by atoms with Gasteiger partial charge in [-0.1, -0.05) is 100 Å². The first-order chi connectivity index (χ1) is 18.3. The number of rotatable bonds is 8. The van der Waals surface area contributed by atoms with E-state index in [1.54, 1.807) is 0 Å². The molecule has 1 aliphatic rings. The summed E-state index contributed by atoms with van der Waals surface area (Å²) in [5.74, 6) is 0.369. The molecule has 3 amide bonds. The van der Waals surface area contributed by atoms with Gasteiger partial charge in [0.25, 0.3) is 0 Å². The molecule has 1 heterocycles. The van der Waals surface area contributed by atoms with Crippen molar-refractivity contribution in [1.82, 2.24) is 15.1 Å². The first kappa shape index (κ1) is 27.4. The minimum Gasteiger partial charge on any atom is -0.338 e. The maximum atomic E-state index is 13.5. The summed E-state index contributed by atoms with van der Waals surface area (Å²) < 4.78 is 0. The molecule has 1 unspecified atom stereocenters. The Kier molecular flexibility index (Phi) is 9.19. The van der Waals surface area contributed by atoms with Gasteiger partial charge >= 0.3 is 6.03 Å². The molecule has 1 saturated heterocycles. The normalized spacial score (nSPS) is 15.1. The summed E-state index contributed by atoms with van der Waals surface area (Å²) in [6.45, 7) is 11.0. The van der Waals surface area contributed by atoms with Gasteiger partial charge in [0.15, 0.2) is 0 Å². The zero-order valence-electron chi connectivity index (χ0n) is 22.9. The highest BCUT2D eigenvalue weighted by molar-refractivity contribution is 5.93. The quantitative estimate of drug-likeness (QED) is 0.396. The molecule has 1 fully saturated rings. The zero-order chi connectivity index (χ0) is 27.1. The fourth-order valence-corrected chi connectivity index (χ4v) is 5.06. The minimum atomic E-state index is -0.587. The predicted molar refractivity (Wildman–Crippen MR) is 154 cm³/mol. The van der Waals surface area contributed by atoms with E-state index in [0.29, 0.717) is 24.7 Å². The number of amides is 3. The van der Waals surface area contributed by atoms with Crippen LogP contribution < -0.4 is 10.6 Å². The molecule has 2 N–H and O–H groups in total. The third kappa shape index (κ3) is 6.81. The molecule has 0 aliphatic carbocycles. The molecule has 1 atom stereocenters. The Morgan fingerprint density at radius 3 is 1.68 bits per heavy atom. The lowest BCUT2D eigenvalue weighted by molar-refractivity contribution is -0.136. The molecular formula is C32H40N4O2. The van der Waals surface area contributed by atoms with Crippen LogP contribution in [0.15, 0.2) is 84.9 Å². The Bertz CT molecular complexity index is 1130. The average Bonchev–Trinajstić information content (AvgIpc) is 2.93. The van der Waals surface area contributed by atoms with E-state index in [0.717, 1.165) is 13.1 Å². The lowest BCUT2D eigenvalue weighted by atomic mass is 9.96. The molecule has 38 heavy (non-hydrogen) atoms. The molecule has 6 heteroatoms. The van der Waals surface area contributed by atoms with E-state index in [9.17, 15) is 9.59 Å².